The Balaban J connectivity index is 1.32. The molecule has 8 aromatic rings. The molecular formula is C50H41BN2O. The number of nitrogens with zero attached hydrogens (tertiary/aromatic N) is 2. The predicted molar refractivity (Wildman–Crippen MR) is 228 cm³/mol. The average Bonchev–Trinajstić information content (AvgIpc) is 3.56. The summed E-state index contributed by atoms with van der Waals surface area (Å²) >= 11 is 0. The molecule has 0 saturated heterocycles. The van der Waals surface area contributed by atoms with Crippen molar-refractivity contribution in [1.82, 2.24) is 0 Å². The second-order valence-electron chi connectivity index (χ2n) is 17.0. The molecule has 0 atom stereocenters. The first-order valence-corrected chi connectivity index (χ1v) is 19.2. The highest BCUT2D eigenvalue weighted by Crippen LogP contribution is 2.56. The number of anilines is 5. The number of furan rings is 1. The molecule has 1 aromatic heterocycles. The summed E-state index contributed by atoms with van der Waals surface area (Å²) in [6.07, 6.45) is 0. The first kappa shape index (κ1) is 31.5. The molecule has 11 rings (SSSR count). The van der Waals surface area contributed by atoms with Crippen LogP contribution in [-0.4, -0.2) is 6.85 Å². The Morgan fingerprint density at radius 1 is 0.574 bits per heavy atom. The maximum Gasteiger partial charge on any atom is 0.336 e. The average molecular weight is 697 g/mol. The molecule has 3 aliphatic rings. The van der Waals surface area contributed by atoms with Crippen LogP contribution >= 0.6 is 0 Å². The van der Waals surface area contributed by atoms with E-state index in [1.54, 1.807) is 0 Å². The molecule has 4 heterocycles. The number of benzene rings is 7. The van der Waals surface area contributed by atoms with Gasteiger partial charge in [-0.3, -0.25) is 0 Å². The summed E-state index contributed by atoms with van der Waals surface area (Å²) in [5, 5.41) is 2.30. The van der Waals surface area contributed by atoms with Crippen LogP contribution in [0.15, 0.2) is 144 Å². The van der Waals surface area contributed by atoms with Crippen LogP contribution in [0.25, 0.3) is 44.2 Å². The molecule has 0 radical (unpaired) electrons. The molecule has 4 heteroatoms. The molecule has 7 aromatic carbocycles. The van der Waals surface area contributed by atoms with Crippen LogP contribution in [0.5, 0.6) is 0 Å². The Labute approximate surface area is 317 Å². The fraction of sp³-hybridized carbons (Fsp3) is 0.160. The number of para-hydroxylation sites is 3. The monoisotopic (exact) mass is 696 g/mol. The highest BCUT2D eigenvalue weighted by atomic mass is 16.3. The van der Waals surface area contributed by atoms with Crippen molar-refractivity contribution in [2.75, 3.05) is 9.71 Å². The molecule has 3 aliphatic heterocycles. The van der Waals surface area contributed by atoms with Gasteiger partial charge in [-0.05, 0) is 93.6 Å². The SMILES string of the molecule is Cc1cc2c3c(c1)N(c1ccc(C(C)(C)C)cc1-c1ccccc1)c1ccc4c(oc5ccccc54)c1B3N1c3ccccc3C(C)(C)c3cccc-2c31. The van der Waals surface area contributed by atoms with E-state index in [-0.39, 0.29) is 17.7 Å². The summed E-state index contributed by atoms with van der Waals surface area (Å²) in [6, 6.07) is 52.0. The third-order valence-corrected chi connectivity index (χ3v) is 12.4. The molecule has 3 nitrogen and oxygen atoms in total. The Bertz CT molecular complexity index is 2880. The summed E-state index contributed by atoms with van der Waals surface area (Å²) in [5.74, 6) is 0. The van der Waals surface area contributed by atoms with E-state index in [4.69, 9.17) is 4.42 Å². The lowest BCUT2D eigenvalue weighted by Crippen LogP contribution is -2.63. The third-order valence-electron chi connectivity index (χ3n) is 12.4. The molecule has 54 heavy (non-hydrogen) atoms. The topological polar surface area (TPSA) is 19.6 Å². The number of aryl methyl sites for hydroxylation is 1. The summed E-state index contributed by atoms with van der Waals surface area (Å²) in [4.78, 5) is 5.21. The van der Waals surface area contributed by atoms with Crippen molar-refractivity contribution in [3.05, 3.63) is 162 Å². The van der Waals surface area contributed by atoms with Crippen molar-refractivity contribution in [3.8, 4) is 22.3 Å². The first-order chi connectivity index (χ1) is 26.1. The lowest BCUT2D eigenvalue weighted by molar-refractivity contribution is 0.590. The van der Waals surface area contributed by atoms with Gasteiger partial charge in [0.2, 0.25) is 0 Å². The van der Waals surface area contributed by atoms with Gasteiger partial charge in [0.25, 0.3) is 0 Å². The van der Waals surface area contributed by atoms with E-state index in [0.29, 0.717) is 0 Å². The maximum absolute atomic E-state index is 7.05. The van der Waals surface area contributed by atoms with E-state index >= 15 is 0 Å². The van der Waals surface area contributed by atoms with E-state index in [0.717, 1.165) is 33.3 Å². The summed E-state index contributed by atoms with van der Waals surface area (Å²) in [5.41, 5.74) is 20.6. The van der Waals surface area contributed by atoms with Crippen LogP contribution in [0.4, 0.5) is 28.4 Å². The molecule has 0 fully saturated rings. The van der Waals surface area contributed by atoms with Gasteiger partial charge in [0.1, 0.15) is 11.2 Å². The molecule has 0 spiro atoms. The minimum absolute atomic E-state index is 0.00719. The van der Waals surface area contributed by atoms with Crippen molar-refractivity contribution < 1.29 is 4.42 Å². The summed E-state index contributed by atoms with van der Waals surface area (Å²) in [6.45, 7) is 13.8. The van der Waals surface area contributed by atoms with Gasteiger partial charge in [-0.2, -0.15) is 0 Å². The minimum Gasteiger partial charge on any atom is -0.456 e. The van der Waals surface area contributed by atoms with Gasteiger partial charge < -0.3 is 14.1 Å². The van der Waals surface area contributed by atoms with Crippen molar-refractivity contribution in [2.45, 2.75) is 52.4 Å². The predicted octanol–water partition coefficient (Wildman–Crippen LogP) is 12.2. The smallest absolute Gasteiger partial charge is 0.336 e. The second kappa shape index (κ2) is 10.8. The van der Waals surface area contributed by atoms with Crippen LogP contribution < -0.4 is 20.6 Å². The molecule has 0 aliphatic carbocycles. The largest absolute Gasteiger partial charge is 0.456 e. The first-order valence-electron chi connectivity index (χ1n) is 19.2. The van der Waals surface area contributed by atoms with E-state index in [1.807, 2.05) is 0 Å². The van der Waals surface area contributed by atoms with Crippen molar-refractivity contribution in [3.63, 3.8) is 0 Å². The molecular weight excluding hydrogens is 655 g/mol. The Morgan fingerprint density at radius 3 is 2.15 bits per heavy atom. The van der Waals surface area contributed by atoms with Gasteiger partial charge in [0, 0.05) is 55.5 Å². The standard InChI is InChI=1S/C50H41BN2O/c1-30-27-37-34-18-14-20-39-47(34)53(41-21-12-11-19-38(41)50(39,5)6)51-45(37)43(28-30)52(42-26-24-35-33-17-10-13-22-44(33)54-48(35)46(42)51)40-25-23-32(49(2,3)4)29-36(40)31-15-8-7-9-16-31/h7-29H,1-6H3. The molecule has 0 unspecified atom stereocenters. The highest BCUT2D eigenvalue weighted by Gasteiger charge is 2.51. The minimum atomic E-state index is -0.170. The van der Waals surface area contributed by atoms with Crippen molar-refractivity contribution >= 4 is 68.1 Å². The van der Waals surface area contributed by atoms with Crippen LogP contribution in [0.2, 0.25) is 0 Å². The lowest BCUT2D eigenvalue weighted by atomic mass is 9.42. The van der Waals surface area contributed by atoms with Crippen molar-refractivity contribution in [2.24, 2.45) is 0 Å². The van der Waals surface area contributed by atoms with Crippen LogP contribution in [-0.2, 0) is 10.8 Å². The number of hydrogen-bond acceptors (Lipinski definition) is 3. The van der Waals surface area contributed by atoms with Crippen LogP contribution in [0.3, 0.4) is 0 Å². The Morgan fingerprint density at radius 2 is 1.31 bits per heavy atom. The normalized spacial score (nSPS) is 14.9. The molecule has 0 N–H and O–H groups in total. The molecule has 260 valence electrons. The Hall–Kier alpha value is -6.00. The van der Waals surface area contributed by atoms with Gasteiger partial charge in [-0.15, -0.1) is 0 Å². The van der Waals surface area contributed by atoms with Gasteiger partial charge >= 0.3 is 6.85 Å². The third kappa shape index (κ3) is 4.14. The number of rotatable bonds is 2. The van der Waals surface area contributed by atoms with Gasteiger partial charge in [-0.1, -0.05) is 132 Å². The van der Waals surface area contributed by atoms with Crippen LogP contribution in [0, 0.1) is 6.92 Å². The summed E-state index contributed by atoms with van der Waals surface area (Å²) < 4.78 is 7.05. The molecule has 0 saturated carbocycles. The van der Waals surface area contributed by atoms with Gasteiger partial charge in [-0.25, -0.2) is 0 Å². The molecule has 0 amide bonds. The second-order valence-corrected chi connectivity index (χ2v) is 17.0. The van der Waals surface area contributed by atoms with E-state index < -0.39 is 0 Å². The quantitative estimate of drug-likeness (QED) is 0.168. The number of hydrogen-bond donors (Lipinski definition) is 0. The van der Waals surface area contributed by atoms with E-state index in [1.165, 1.54) is 72.5 Å². The highest BCUT2D eigenvalue weighted by molar-refractivity contribution is 6.95. The zero-order chi connectivity index (χ0) is 36.7. The summed E-state index contributed by atoms with van der Waals surface area (Å²) in [7, 11) is 0. The number of fused-ring (bicyclic) bond motifs is 10. The zero-order valence-electron chi connectivity index (χ0n) is 31.7. The lowest BCUT2D eigenvalue weighted by Gasteiger charge is -2.51. The van der Waals surface area contributed by atoms with Gasteiger partial charge in [0.05, 0.1) is 5.69 Å². The fourth-order valence-corrected chi connectivity index (χ4v) is 9.84. The zero-order valence-corrected chi connectivity index (χ0v) is 31.7. The van der Waals surface area contributed by atoms with Gasteiger partial charge in [0.15, 0.2) is 0 Å². The van der Waals surface area contributed by atoms with E-state index in [9.17, 15) is 0 Å². The Kier molecular flexibility index (Phi) is 6.30. The van der Waals surface area contributed by atoms with Crippen molar-refractivity contribution in [1.29, 1.82) is 0 Å². The molecule has 0 bridgehead atoms. The van der Waals surface area contributed by atoms with E-state index in [2.05, 4.69) is 191 Å². The maximum atomic E-state index is 7.05. The fourth-order valence-electron chi connectivity index (χ4n) is 9.84. The van der Waals surface area contributed by atoms with Crippen LogP contribution in [0.1, 0.15) is 56.9 Å².